The predicted molar refractivity (Wildman–Crippen MR) is 84.8 cm³/mol. The highest BCUT2D eigenvalue weighted by Crippen LogP contribution is 2.42. The Labute approximate surface area is 134 Å². The number of aliphatic carboxylic acids is 2. The van der Waals surface area contributed by atoms with E-state index in [1.807, 2.05) is 30.3 Å². The molecule has 0 heterocycles. The molecule has 1 aliphatic carbocycles. The predicted octanol–water partition coefficient (Wildman–Crippen LogP) is 2.88. The third kappa shape index (κ3) is 3.87. The highest BCUT2D eigenvalue weighted by molar-refractivity contribution is 5.91. The van der Waals surface area contributed by atoms with E-state index in [1.165, 1.54) is 18.2 Å². The lowest BCUT2D eigenvalue weighted by Crippen LogP contribution is -2.39. The van der Waals surface area contributed by atoms with Crippen LogP contribution in [-0.4, -0.2) is 28.8 Å². The first-order chi connectivity index (χ1) is 10.9. The Balaban J connectivity index is 2.04. The summed E-state index contributed by atoms with van der Waals surface area (Å²) >= 11 is 0. The normalized spacial score (nSPS) is 23.3. The van der Waals surface area contributed by atoms with Crippen LogP contribution in [0.25, 0.3) is 0 Å². The summed E-state index contributed by atoms with van der Waals surface area (Å²) in [5, 5.41) is 18.8. The minimum absolute atomic E-state index is 0.107. The van der Waals surface area contributed by atoms with E-state index in [9.17, 15) is 19.8 Å². The third-order valence-electron chi connectivity index (χ3n) is 4.24. The molecule has 0 saturated heterocycles. The number of carboxylic acid groups (broad SMARTS) is 2. The van der Waals surface area contributed by atoms with Crippen molar-refractivity contribution in [1.82, 2.24) is 0 Å². The number of hydrogen-bond donors (Lipinski definition) is 2. The summed E-state index contributed by atoms with van der Waals surface area (Å²) < 4.78 is 5.61. The summed E-state index contributed by atoms with van der Waals surface area (Å²) in [7, 11) is 0. The Kier molecular flexibility index (Phi) is 5.34. The number of ether oxygens (including phenoxy) is 1. The van der Waals surface area contributed by atoms with E-state index >= 15 is 0 Å². The van der Waals surface area contributed by atoms with Crippen LogP contribution in [-0.2, 0) is 20.9 Å². The number of carbonyl (C=O) groups is 2. The molecule has 1 aromatic rings. The Morgan fingerprint density at radius 1 is 1.22 bits per heavy atom. The second-order valence-corrected chi connectivity index (χ2v) is 5.79. The first-order valence-corrected chi connectivity index (χ1v) is 7.42. The van der Waals surface area contributed by atoms with Gasteiger partial charge in [0.25, 0.3) is 0 Å². The second kappa shape index (κ2) is 7.24. The summed E-state index contributed by atoms with van der Waals surface area (Å²) in [5.41, 5.74) is 0.129. The molecule has 0 radical (unpaired) electrons. The molecule has 0 fully saturated rings. The van der Waals surface area contributed by atoms with Gasteiger partial charge in [-0.3, -0.25) is 4.79 Å². The summed E-state index contributed by atoms with van der Waals surface area (Å²) in [4.78, 5) is 22.9. The van der Waals surface area contributed by atoms with Crippen LogP contribution in [0.1, 0.15) is 18.9 Å². The van der Waals surface area contributed by atoms with E-state index < -0.39 is 23.3 Å². The van der Waals surface area contributed by atoms with Gasteiger partial charge in [0.15, 0.2) is 0 Å². The molecule has 1 aliphatic rings. The van der Waals surface area contributed by atoms with Gasteiger partial charge in [0.1, 0.15) is 0 Å². The largest absolute Gasteiger partial charge is 0.481 e. The van der Waals surface area contributed by atoms with Crippen LogP contribution in [0, 0.1) is 11.3 Å². The van der Waals surface area contributed by atoms with Crippen molar-refractivity contribution in [2.24, 2.45) is 11.3 Å². The fraction of sp³-hybridized carbons (Fsp3) is 0.333. The molecule has 2 atom stereocenters. The molecular formula is C18H20O5. The maximum Gasteiger partial charge on any atom is 0.332 e. The van der Waals surface area contributed by atoms with E-state index in [0.29, 0.717) is 13.0 Å². The van der Waals surface area contributed by atoms with Crippen molar-refractivity contribution in [2.45, 2.75) is 20.0 Å². The van der Waals surface area contributed by atoms with Crippen molar-refractivity contribution >= 4 is 11.9 Å². The lowest BCUT2D eigenvalue weighted by molar-refractivity contribution is -0.144. The third-order valence-corrected chi connectivity index (χ3v) is 4.24. The van der Waals surface area contributed by atoms with E-state index in [2.05, 4.69) is 0 Å². The maximum atomic E-state index is 11.5. The molecule has 122 valence electrons. The molecule has 0 aliphatic heterocycles. The van der Waals surface area contributed by atoms with Crippen LogP contribution in [0.15, 0.2) is 54.1 Å². The summed E-state index contributed by atoms with van der Waals surface area (Å²) in [6.45, 7) is 2.37. The summed E-state index contributed by atoms with van der Waals surface area (Å²) in [5.74, 6) is -3.00. The summed E-state index contributed by atoms with van der Waals surface area (Å²) in [6.07, 6.45) is 4.82. The van der Waals surface area contributed by atoms with Crippen LogP contribution in [0.2, 0.25) is 0 Å². The highest BCUT2D eigenvalue weighted by Gasteiger charge is 2.44. The lowest BCUT2D eigenvalue weighted by Gasteiger charge is -2.36. The number of hydrogen-bond acceptors (Lipinski definition) is 3. The Hall–Kier alpha value is -2.40. The highest BCUT2D eigenvalue weighted by atomic mass is 16.5. The van der Waals surface area contributed by atoms with E-state index in [1.54, 1.807) is 6.92 Å². The van der Waals surface area contributed by atoms with Crippen molar-refractivity contribution < 1.29 is 24.5 Å². The smallest absolute Gasteiger partial charge is 0.332 e. The van der Waals surface area contributed by atoms with E-state index in [4.69, 9.17) is 4.74 Å². The van der Waals surface area contributed by atoms with Crippen LogP contribution < -0.4 is 0 Å². The number of rotatable bonds is 7. The van der Waals surface area contributed by atoms with Gasteiger partial charge in [-0.25, -0.2) is 4.79 Å². The van der Waals surface area contributed by atoms with Gasteiger partial charge in [-0.1, -0.05) is 55.5 Å². The zero-order valence-corrected chi connectivity index (χ0v) is 12.9. The van der Waals surface area contributed by atoms with Gasteiger partial charge < -0.3 is 14.9 Å². The molecule has 5 nitrogen and oxygen atoms in total. The second-order valence-electron chi connectivity index (χ2n) is 5.79. The van der Waals surface area contributed by atoms with E-state index in [-0.39, 0.29) is 12.2 Å². The number of carboxylic acids is 2. The molecule has 0 bridgehead atoms. The fourth-order valence-electron chi connectivity index (χ4n) is 2.84. The van der Waals surface area contributed by atoms with Crippen LogP contribution in [0.3, 0.4) is 0 Å². The minimum Gasteiger partial charge on any atom is -0.481 e. The molecule has 5 heteroatoms. The van der Waals surface area contributed by atoms with Crippen LogP contribution >= 0.6 is 0 Å². The van der Waals surface area contributed by atoms with Crippen molar-refractivity contribution in [1.29, 1.82) is 0 Å². The van der Waals surface area contributed by atoms with Gasteiger partial charge in [0.05, 0.1) is 12.5 Å². The molecule has 2 N–H and O–H groups in total. The van der Waals surface area contributed by atoms with Gasteiger partial charge >= 0.3 is 11.9 Å². The minimum atomic E-state index is -1.09. The average Bonchev–Trinajstić information content (AvgIpc) is 2.52. The molecule has 0 saturated carbocycles. The van der Waals surface area contributed by atoms with Gasteiger partial charge in [0.2, 0.25) is 0 Å². The van der Waals surface area contributed by atoms with Crippen LogP contribution in [0.4, 0.5) is 0 Å². The molecule has 23 heavy (non-hydrogen) atoms. The molecule has 0 amide bonds. The average molecular weight is 316 g/mol. The first kappa shape index (κ1) is 17.0. The zero-order valence-electron chi connectivity index (χ0n) is 12.9. The maximum absolute atomic E-state index is 11.5. The van der Waals surface area contributed by atoms with Gasteiger partial charge in [-0.05, 0) is 12.0 Å². The van der Waals surface area contributed by atoms with Crippen molar-refractivity contribution in [3.8, 4) is 0 Å². The van der Waals surface area contributed by atoms with E-state index in [0.717, 1.165) is 5.56 Å². The number of benzene rings is 1. The van der Waals surface area contributed by atoms with Crippen LogP contribution in [0.5, 0.6) is 0 Å². The van der Waals surface area contributed by atoms with Gasteiger partial charge in [-0.2, -0.15) is 0 Å². The SMILES string of the molecule is CC1(CCOCc2ccccc2)C(C(=O)O)=CC=CC1C(=O)O. The molecule has 0 spiro atoms. The molecular weight excluding hydrogens is 296 g/mol. The standard InChI is InChI=1S/C18H20O5/c1-18(10-11-23-12-13-6-3-2-4-7-13)14(16(19)20)8-5-9-15(18)17(21)22/h2-9,14H,10-12H2,1H3,(H,19,20)(H,21,22). The van der Waals surface area contributed by atoms with Crippen molar-refractivity contribution in [2.75, 3.05) is 6.61 Å². The molecule has 1 aromatic carbocycles. The fourth-order valence-corrected chi connectivity index (χ4v) is 2.84. The Morgan fingerprint density at radius 3 is 2.52 bits per heavy atom. The quantitative estimate of drug-likeness (QED) is 0.756. The topological polar surface area (TPSA) is 83.8 Å². The number of allylic oxidation sites excluding steroid dienone is 2. The zero-order chi connectivity index (χ0) is 16.9. The molecule has 2 unspecified atom stereocenters. The van der Waals surface area contributed by atoms with Crippen molar-refractivity contribution in [3.05, 3.63) is 59.7 Å². The summed E-state index contributed by atoms with van der Waals surface area (Å²) in [6, 6.07) is 9.62. The Morgan fingerprint density at radius 2 is 1.91 bits per heavy atom. The lowest BCUT2D eigenvalue weighted by atomic mass is 9.67. The Bertz CT molecular complexity index is 632. The van der Waals surface area contributed by atoms with Gasteiger partial charge in [-0.15, -0.1) is 0 Å². The first-order valence-electron chi connectivity index (χ1n) is 7.42. The molecule has 0 aromatic heterocycles. The monoisotopic (exact) mass is 316 g/mol. The van der Waals surface area contributed by atoms with Gasteiger partial charge in [0, 0.05) is 17.6 Å². The molecule has 2 rings (SSSR count). The van der Waals surface area contributed by atoms with Crippen molar-refractivity contribution in [3.63, 3.8) is 0 Å².